The number of esters is 1. The van der Waals surface area contributed by atoms with E-state index in [-0.39, 0.29) is 5.17 Å². The van der Waals surface area contributed by atoms with Crippen molar-refractivity contribution in [3.63, 3.8) is 0 Å². The molecule has 0 aliphatic carbocycles. The molecule has 0 fully saturated rings. The zero-order chi connectivity index (χ0) is 13.0. The standard InChI is InChI=1S/C11H12BrClN2O2/c1-6-4-8(12)5-7(2)9(6)14-15-10(13)11(16)17-3/h4-5,14H,1-3H3. The van der Waals surface area contributed by atoms with Crippen molar-refractivity contribution in [3.8, 4) is 0 Å². The molecule has 92 valence electrons. The van der Waals surface area contributed by atoms with Crippen molar-refractivity contribution in [1.29, 1.82) is 0 Å². The van der Waals surface area contributed by atoms with Gasteiger partial charge >= 0.3 is 5.97 Å². The summed E-state index contributed by atoms with van der Waals surface area (Å²) in [5, 5.41) is 3.52. The molecule has 0 saturated carbocycles. The van der Waals surface area contributed by atoms with Crippen LogP contribution in [0.15, 0.2) is 21.7 Å². The van der Waals surface area contributed by atoms with E-state index in [1.54, 1.807) is 0 Å². The third-order valence-corrected chi connectivity index (χ3v) is 2.81. The fourth-order valence-electron chi connectivity index (χ4n) is 1.32. The number of hydrogen-bond acceptors (Lipinski definition) is 4. The Balaban J connectivity index is 2.93. The number of benzene rings is 1. The zero-order valence-electron chi connectivity index (χ0n) is 9.67. The highest BCUT2D eigenvalue weighted by Crippen LogP contribution is 2.25. The van der Waals surface area contributed by atoms with E-state index in [1.807, 2.05) is 26.0 Å². The molecule has 0 heterocycles. The third-order valence-electron chi connectivity index (χ3n) is 2.12. The van der Waals surface area contributed by atoms with Crippen molar-refractivity contribution in [1.82, 2.24) is 0 Å². The second-order valence-corrected chi connectivity index (χ2v) is 4.69. The second kappa shape index (κ2) is 6.02. The van der Waals surface area contributed by atoms with E-state index >= 15 is 0 Å². The Morgan fingerprint density at radius 3 is 2.41 bits per heavy atom. The summed E-state index contributed by atoms with van der Waals surface area (Å²) in [6.45, 7) is 3.86. The summed E-state index contributed by atoms with van der Waals surface area (Å²) >= 11 is 9.02. The van der Waals surface area contributed by atoms with Crippen LogP contribution in [-0.4, -0.2) is 18.2 Å². The molecule has 0 spiro atoms. The van der Waals surface area contributed by atoms with Gasteiger partial charge in [-0.25, -0.2) is 4.79 Å². The second-order valence-electron chi connectivity index (χ2n) is 3.42. The Kier molecular flexibility index (Phi) is 4.96. The maximum Gasteiger partial charge on any atom is 0.370 e. The first kappa shape index (κ1) is 14.0. The number of rotatable bonds is 3. The van der Waals surface area contributed by atoms with Crippen molar-refractivity contribution in [2.24, 2.45) is 5.10 Å². The van der Waals surface area contributed by atoms with E-state index in [4.69, 9.17) is 11.6 Å². The molecule has 17 heavy (non-hydrogen) atoms. The van der Waals surface area contributed by atoms with Gasteiger partial charge in [-0.15, -0.1) is 0 Å². The van der Waals surface area contributed by atoms with Crippen LogP contribution in [-0.2, 0) is 9.53 Å². The first-order valence-electron chi connectivity index (χ1n) is 4.80. The molecular weight excluding hydrogens is 307 g/mol. The number of anilines is 1. The van der Waals surface area contributed by atoms with Gasteiger partial charge in [0, 0.05) is 4.47 Å². The highest BCUT2D eigenvalue weighted by Gasteiger charge is 2.09. The lowest BCUT2D eigenvalue weighted by Crippen LogP contribution is -2.11. The van der Waals surface area contributed by atoms with Crippen molar-refractivity contribution in [3.05, 3.63) is 27.7 Å². The number of methoxy groups -OCH3 is 1. The van der Waals surface area contributed by atoms with E-state index in [2.05, 4.69) is 31.2 Å². The van der Waals surface area contributed by atoms with Crippen molar-refractivity contribution >= 4 is 44.4 Å². The molecule has 1 aromatic carbocycles. The summed E-state index contributed by atoms with van der Waals surface area (Å²) in [7, 11) is 1.25. The molecule has 0 aliphatic heterocycles. The van der Waals surface area contributed by atoms with Gasteiger partial charge in [0.25, 0.3) is 0 Å². The van der Waals surface area contributed by atoms with E-state index in [1.165, 1.54) is 7.11 Å². The minimum absolute atomic E-state index is 0.241. The van der Waals surface area contributed by atoms with Gasteiger partial charge in [0.05, 0.1) is 12.8 Å². The molecule has 0 amide bonds. The quantitative estimate of drug-likeness (QED) is 0.529. The molecule has 0 bridgehead atoms. The first-order chi connectivity index (χ1) is 7.95. The number of nitrogens with zero attached hydrogens (tertiary/aromatic N) is 1. The average molecular weight is 320 g/mol. The van der Waals surface area contributed by atoms with Crippen LogP contribution in [0.3, 0.4) is 0 Å². The van der Waals surface area contributed by atoms with Gasteiger partial charge in [0.2, 0.25) is 5.17 Å². The van der Waals surface area contributed by atoms with Gasteiger partial charge in [-0.3, -0.25) is 5.43 Å². The van der Waals surface area contributed by atoms with Gasteiger partial charge in [0.1, 0.15) is 0 Å². The van der Waals surface area contributed by atoms with Crippen LogP contribution in [0.25, 0.3) is 0 Å². The number of nitrogens with one attached hydrogen (secondary N) is 1. The van der Waals surface area contributed by atoms with Gasteiger partial charge in [0.15, 0.2) is 0 Å². The molecule has 6 heteroatoms. The monoisotopic (exact) mass is 318 g/mol. The fourth-order valence-corrected chi connectivity index (χ4v) is 2.13. The Morgan fingerprint density at radius 2 is 1.94 bits per heavy atom. The number of aryl methyl sites for hydroxylation is 2. The van der Waals surface area contributed by atoms with E-state index < -0.39 is 5.97 Å². The van der Waals surface area contributed by atoms with Crippen LogP contribution in [0.1, 0.15) is 11.1 Å². The highest BCUT2D eigenvalue weighted by atomic mass is 79.9. The molecule has 0 aliphatic rings. The maximum atomic E-state index is 11.0. The molecule has 0 aromatic heterocycles. The fraction of sp³-hybridized carbons (Fsp3) is 0.273. The van der Waals surface area contributed by atoms with Crippen LogP contribution in [0, 0.1) is 13.8 Å². The van der Waals surface area contributed by atoms with Crippen molar-refractivity contribution < 1.29 is 9.53 Å². The summed E-state index contributed by atoms with van der Waals surface area (Å²) in [5.41, 5.74) is 5.56. The largest absolute Gasteiger partial charge is 0.464 e. The highest BCUT2D eigenvalue weighted by molar-refractivity contribution is 9.10. The lowest BCUT2D eigenvalue weighted by atomic mass is 10.1. The van der Waals surface area contributed by atoms with Crippen LogP contribution in [0.2, 0.25) is 0 Å². The van der Waals surface area contributed by atoms with Gasteiger partial charge < -0.3 is 4.74 Å². The summed E-state index contributed by atoms with van der Waals surface area (Å²) in [6.07, 6.45) is 0. The van der Waals surface area contributed by atoms with Crippen LogP contribution in [0.5, 0.6) is 0 Å². The Bertz CT molecular complexity index is 452. The Labute approximate surface area is 113 Å². The summed E-state index contributed by atoms with van der Waals surface area (Å²) in [5.74, 6) is -0.674. The first-order valence-corrected chi connectivity index (χ1v) is 5.97. The molecular formula is C11H12BrClN2O2. The van der Waals surface area contributed by atoms with E-state index in [9.17, 15) is 4.79 Å². The Hall–Kier alpha value is -1.07. The predicted octanol–water partition coefficient (Wildman–Crippen LogP) is 3.20. The lowest BCUT2D eigenvalue weighted by molar-refractivity contribution is -0.132. The summed E-state index contributed by atoms with van der Waals surface area (Å²) < 4.78 is 5.42. The third kappa shape index (κ3) is 3.71. The lowest BCUT2D eigenvalue weighted by Gasteiger charge is -2.09. The maximum absolute atomic E-state index is 11.0. The number of hydrogen-bond donors (Lipinski definition) is 1. The number of hydrazone groups is 1. The normalized spacial score (nSPS) is 11.2. The van der Waals surface area contributed by atoms with Gasteiger partial charge in [-0.2, -0.15) is 5.10 Å². The summed E-state index contributed by atoms with van der Waals surface area (Å²) in [6, 6.07) is 3.88. The van der Waals surface area contributed by atoms with Crippen LogP contribution < -0.4 is 5.43 Å². The van der Waals surface area contributed by atoms with E-state index in [0.717, 1.165) is 21.3 Å². The molecule has 1 aromatic rings. The van der Waals surface area contributed by atoms with Crippen molar-refractivity contribution in [2.45, 2.75) is 13.8 Å². The zero-order valence-corrected chi connectivity index (χ0v) is 12.0. The molecule has 0 radical (unpaired) electrons. The summed E-state index contributed by atoms with van der Waals surface area (Å²) in [4.78, 5) is 11.0. The van der Waals surface area contributed by atoms with E-state index in [0.29, 0.717) is 0 Å². The minimum atomic E-state index is -0.674. The number of carbonyl (C=O) groups is 1. The number of halogens is 2. The number of carbonyl (C=O) groups excluding carboxylic acids is 1. The number of ether oxygens (including phenoxy) is 1. The average Bonchev–Trinajstić information content (AvgIpc) is 2.26. The SMILES string of the molecule is COC(=O)C(Cl)=NNc1c(C)cc(Br)cc1C. The van der Waals surface area contributed by atoms with Gasteiger partial charge in [-0.1, -0.05) is 27.5 Å². The predicted molar refractivity (Wildman–Crippen MR) is 72.5 cm³/mol. The molecule has 4 nitrogen and oxygen atoms in total. The molecule has 1 N–H and O–H groups in total. The topological polar surface area (TPSA) is 50.7 Å². The van der Waals surface area contributed by atoms with Crippen molar-refractivity contribution in [2.75, 3.05) is 12.5 Å². The smallest absolute Gasteiger partial charge is 0.370 e. The van der Waals surface area contributed by atoms with Gasteiger partial charge in [-0.05, 0) is 37.1 Å². The molecule has 1 rings (SSSR count). The Morgan fingerprint density at radius 1 is 1.41 bits per heavy atom. The minimum Gasteiger partial charge on any atom is -0.464 e. The molecule has 0 saturated heterocycles. The van der Waals surface area contributed by atoms with Crippen LogP contribution in [0.4, 0.5) is 5.69 Å². The van der Waals surface area contributed by atoms with Crippen LogP contribution >= 0.6 is 27.5 Å². The molecule has 0 atom stereocenters. The molecule has 0 unspecified atom stereocenters.